The van der Waals surface area contributed by atoms with E-state index in [0.29, 0.717) is 11.4 Å². The van der Waals surface area contributed by atoms with Gasteiger partial charge in [-0.1, -0.05) is 0 Å². The number of anilines is 2. The largest absolute Gasteiger partial charge is 0.397 e. The standard InChI is InChI=1S/C8H12N2OS/c1-12-7-3-2-6(9)8(10)5(7)4-11/h2-3,11H,4,9-10H2,1H3. The summed E-state index contributed by atoms with van der Waals surface area (Å²) in [5.41, 5.74) is 13.0. The Hall–Kier alpha value is -0.870. The second kappa shape index (κ2) is 3.69. The van der Waals surface area contributed by atoms with Crippen molar-refractivity contribution in [3.8, 4) is 0 Å². The third-order valence-corrected chi connectivity index (χ3v) is 2.55. The maximum absolute atomic E-state index is 9.01. The van der Waals surface area contributed by atoms with Gasteiger partial charge in [0.1, 0.15) is 0 Å². The van der Waals surface area contributed by atoms with E-state index >= 15 is 0 Å². The fraction of sp³-hybridized carbons (Fsp3) is 0.250. The predicted molar refractivity (Wildman–Crippen MR) is 53.0 cm³/mol. The van der Waals surface area contributed by atoms with Crippen LogP contribution >= 0.6 is 11.8 Å². The molecule has 1 aromatic carbocycles. The van der Waals surface area contributed by atoms with Gasteiger partial charge in [0.2, 0.25) is 0 Å². The average Bonchev–Trinajstić information content (AvgIpc) is 2.09. The van der Waals surface area contributed by atoms with E-state index in [4.69, 9.17) is 16.6 Å². The number of aliphatic hydroxyl groups excluding tert-OH is 1. The van der Waals surface area contributed by atoms with Crippen molar-refractivity contribution in [3.05, 3.63) is 17.7 Å². The molecule has 3 nitrogen and oxygen atoms in total. The summed E-state index contributed by atoms with van der Waals surface area (Å²) in [5.74, 6) is 0. The fourth-order valence-corrected chi connectivity index (χ4v) is 1.64. The minimum atomic E-state index is -0.0625. The SMILES string of the molecule is CSc1ccc(N)c(N)c1CO. The van der Waals surface area contributed by atoms with Crippen LogP contribution in [0.5, 0.6) is 0 Å². The van der Waals surface area contributed by atoms with Gasteiger partial charge in [-0.25, -0.2) is 0 Å². The molecule has 66 valence electrons. The molecule has 0 heterocycles. The maximum atomic E-state index is 9.01. The second-order valence-corrected chi connectivity index (χ2v) is 3.26. The van der Waals surface area contributed by atoms with Crippen LogP contribution in [0.25, 0.3) is 0 Å². The third kappa shape index (κ3) is 1.49. The van der Waals surface area contributed by atoms with Crippen LogP contribution in [-0.2, 0) is 6.61 Å². The molecule has 0 unspecified atom stereocenters. The number of hydrogen-bond donors (Lipinski definition) is 3. The van der Waals surface area contributed by atoms with Crippen molar-refractivity contribution < 1.29 is 5.11 Å². The number of benzene rings is 1. The van der Waals surface area contributed by atoms with E-state index in [1.54, 1.807) is 17.8 Å². The Morgan fingerprint density at radius 1 is 1.42 bits per heavy atom. The smallest absolute Gasteiger partial charge is 0.0713 e. The third-order valence-electron chi connectivity index (χ3n) is 1.73. The van der Waals surface area contributed by atoms with Crippen molar-refractivity contribution >= 4 is 23.1 Å². The van der Waals surface area contributed by atoms with Crippen molar-refractivity contribution in [3.63, 3.8) is 0 Å². The Morgan fingerprint density at radius 3 is 2.58 bits per heavy atom. The van der Waals surface area contributed by atoms with Crippen LogP contribution in [0.4, 0.5) is 11.4 Å². The van der Waals surface area contributed by atoms with E-state index < -0.39 is 0 Å². The molecule has 5 N–H and O–H groups in total. The molecule has 0 saturated carbocycles. The quantitative estimate of drug-likeness (QED) is 0.475. The molecule has 0 amide bonds. The number of nitrogen functional groups attached to an aromatic ring is 2. The van der Waals surface area contributed by atoms with E-state index in [1.165, 1.54) is 0 Å². The molecule has 0 bridgehead atoms. The Morgan fingerprint density at radius 2 is 2.08 bits per heavy atom. The molecule has 0 aliphatic heterocycles. The first-order valence-corrected chi connectivity index (χ1v) is 4.74. The normalized spacial score (nSPS) is 10.2. The van der Waals surface area contributed by atoms with Gasteiger partial charge in [-0.3, -0.25) is 0 Å². The Kier molecular flexibility index (Phi) is 2.83. The van der Waals surface area contributed by atoms with Gasteiger partial charge >= 0.3 is 0 Å². The summed E-state index contributed by atoms with van der Waals surface area (Å²) in [5, 5.41) is 9.01. The van der Waals surface area contributed by atoms with Crippen molar-refractivity contribution in [2.45, 2.75) is 11.5 Å². The molecule has 0 aromatic heterocycles. The number of nitrogens with two attached hydrogens (primary N) is 2. The molecule has 0 spiro atoms. The summed E-state index contributed by atoms with van der Waals surface area (Å²) in [7, 11) is 0. The first-order chi connectivity index (χ1) is 5.70. The van der Waals surface area contributed by atoms with Gasteiger partial charge in [0, 0.05) is 10.5 Å². The van der Waals surface area contributed by atoms with E-state index in [0.717, 1.165) is 10.5 Å². The lowest BCUT2D eigenvalue weighted by Crippen LogP contribution is -2.01. The lowest BCUT2D eigenvalue weighted by Gasteiger charge is -2.09. The van der Waals surface area contributed by atoms with Gasteiger partial charge in [-0.05, 0) is 18.4 Å². The molecule has 4 heteroatoms. The zero-order valence-electron chi connectivity index (χ0n) is 6.87. The Labute approximate surface area is 75.8 Å². The lowest BCUT2D eigenvalue weighted by molar-refractivity contribution is 0.280. The maximum Gasteiger partial charge on any atom is 0.0713 e. The minimum absolute atomic E-state index is 0.0625. The van der Waals surface area contributed by atoms with Crippen LogP contribution in [0.3, 0.4) is 0 Å². The molecule has 12 heavy (non-hydrogen) atoms. The van der Waals surface area contributed by atoms with Crippen molar-refractivity contribution in [1.29, 1.82) is 0 Å². The van der Waals surface area contributed by atoms with Crippen LogP contribution in [0.2, 0.25) is 0 Å². The highest BCUT2D eigenvalue weighted by Crippen LogP contribution is 2.29. The monoisotopic (exact) mass is 184 g/mol. The van der Waals surface area contributed by atoms with Crippen LogP contribution < -0.4 is 11.5 Å². The van der Waals surface area contributed by atoms with Gasteiger partial charge in [0.05, 0.1) is 18.0 Å². The number of hydrogen-bond acceptors (Lipinski definition) is 4. The van der Waals surface area contributed by atoms with Crippen molar-refractivity contribution in [2.75, 3.05) is 17.7 Å². The van der Waals surface area contributed by atoms with Crippen LogP contribution in [-0.4, -0.2) is 11.4 Å². The van der Waals surface area contributed by atoms with Crippen molar-refractivity contribution in [2.24, 2.45) is 0 Å². The molecule has 0 atom stereocenters. The number of aliphatic hydroxyl groups is 1. The van der Waals surface area contributed by atoms with E-state index in [-0.39, 0.29) is 6.61 Å². The van der Waals surface area contributed by atoms with E-state index in [9.17, 15) is 0 Å². The summed E-state index contributed by atoms with van der Waals surface area (Å²) in [6, 6.07) is 3.61. The van der Waals surface area contributed by atoms with Crippen LogP contribution in [0.1, 0.15) is 5.56 Å². The van der Waals surface area contributed by atoms with Crippen LogP contribution in [0, 0.1) is 0 Å². The van der Waals surface area contributed by atoms with Crippen LogP contribution in [0.15, 0.2) is 17.0 Å². The van der Waals surface area contributed by atoms with Gasteiger partial charge < -0.3 is 16.6 Å². The molecule has 0 aliphatic rings. The number of rotatable bonds is 2. The molecule has 0 aliphatic carbocycles. The van der Waals surface area contributed by atoms with Gasteiger partial charge in [0.25, 0.3) is 0 Å². The summed E-state index contributed by atoms with van der Waals surface area (Å²) >= 11 is 1.55. The molecular formula is C8H12N2OS. The van der Waals surface area contributed by atoms with Crippen molar-refractivity contribution in [1.82, 2.24) is 0 Å². The van der Waals surface area contributed by atoms with E-state index in [1.807, 2.05) is 12.3 Å². The first-order valence-electron chi connectivity index (χ1n) is 3.52. The van der Waals surface area contributed by atoms with E-state index in [2.05, 4.69) is 0 Å². The predicted octanol–water partition coefficient (Wildman–Crippen LogP) is 1.07. The highest BCUT2D eigenvalue weighted by atomic mass is 32.2. The highest BCUT2D eigenvalue weighted by Gasteiger charge is 2.06. The van der Waals surface area contributed by atoms with Gasteiger partial charge in [-0.2, -0.15) is 0 Å². The average molecular weight is 184 g/mol. The zero-order chi connectivity index (χ0) is 9.14. The fourth-order valence-electron chi connectivity index (χ4n) is 1.02. The summed E-state index contributed by atoms with van der Waals surface area (Å²) in [4.78, 5) is 0.976. The van der Waals surface area contributed by atoms with Gasteiger partial charge in [-0.15, -0.1) is 11.8 Å². The second-order valence-electron chi connectivity index (χ2n) is 2.41. The first kappa shape index (κ1) is 9.22. The number of thioether (sulfide) groups is 1. The Balaban J connectivity index is 3.25. The zero-order valence-corrected chi connectivity index (χ0v) is 7.69. The Bertz CT molecular complexity index is 289. The summed E-state index contributed by atoms with van der Waals surface area (Å²) in [6.45, 7) is -0.0625. The highest BCUT2D eigenvalue weighted by molar-refractivity contribution is 7.98. The van der Waals surface area contributed by atoms with Gasteiger partial charge in [0.15, 0.2) is 0 Å². The molecule has 1 rings (SSSR count). The summed E-state index contributed by atoms with van der Waals surface area (Å²) in [6.07, 6.45) is 1.93. The molecule has 0 saturated heterocycles. The molecule has 0 radical (unpaired) electrons. The minimum Gasteiger partial charge on any atom is -0.397 e. The molecule has 1 aromatic rings. The molecular weight excluding hydrogens is 172 g/mol. The lowest BCUT2D eigenvalue weighted by atomic mass is 10.1. The topological polar surface area (TPSA) is 72.3 Å². The summed E-state index contributed by atoms with van der Waals surface area (Å²) < 4.78 is 0. The molecule has 0 fully saturated rings.